The van der Waals surface area contributed by atoms with E-state index in [1.807, 2.05) is 18.8 Å². The molecule has 1 aromatic heterocycles. The van der Waals surface area contributed by atoms with Crippen molar-refractivity contribution in [2.24, 2.45) is 0 Å². The van der Waals surface area contributed by atoms with E-state index >= 15 is 0 Å². The summed E-state index contributed by atoms with van der Waals surface area (Å²) in [6.45, 7) is 0.870. The molecule has 5 heteroatoms. The molecule has 18 heavy (non-hydrogen) atoms. The molecule has 0 radical (unpaired) electrons. The lowest BCUT2D eigenvalue weighted by Crippen LogP contribution is -2.11. The minimum atomic E-state index is 0.252. The van der Waals surface area contributed by atoms with Gasteiger partial charge in [-0.25, -0.2) is 0 Å². The smallest absolute Gasteiger partial charge is 0.235 e. The summed E-state index contributed by atoms with van der Waals surface area (Å²) in [5.41, 5.74) is 1.31. The Morgan fingerprint density at radius 2 is 2.33 bits per heavy atom. The molecule has 1 aliphatic rings. The maximum atomic E-state index is 5.40. The van der Waals surface area contributed by atoms with Crippen LogP contribution in [0.4, 0.5) is 0 Å². The van der Waals surface area contributed by atoms with Crippen molar-refractivity contribution >= 4 is 11.8 Å². The molecule has 2 aromatic rings. The molecule has 0 bridgehead atoms. The molecule has 4 nitrogen and oxygen atoms in total. The SMILES string of the molecule is CNCCc1noc(C2CSc3ccccc32)n1. The van der Waals surface area contributed by atoms with Crippen LogP contribution >= 0.6 is 11.8 Å². The van der Waals surface area contributed by atoms with Crippen LogP contribution < -0.4 is 5.32 Å². The number of hydrogen-bond donors (Lipinski definition) is 1. The number of fused-ring (bicyclic) bond motifs is 1. The zero-order valence-corrected chi connectivity index (χ0v) is 11.0. The van der Waals surface area contributed by atoms with Crippen molar-refractivity contribution < 1.29 is 4.52 Å². The van der Waals surface area contributed by atoms with Crippen molar-refractivity contribution in [1.82, 2.24) is 15.5 Å². The average Bonchev–Trinajstić information content (AvgIpc) is 3.02. The van der Waals surface area contributed by atoms with Crippen LogP contribution in [0.5, 0.6) is 0 Å². The van der Waals surface area contributed by atoms with Crippen molar-refractivity contribution in [1.29, 1.82) is 0 Å². The van der Waals surface area contributed by atoms with Gasteiger partial charge in [0.05, 0.1) is 5.92 Å². The van der Waals surface area contributed by atoms with Crippen LogP contribution in [0.3, 0.4) is 0 Å². The first-order valence-corrected chi connectivity index (χ1v) is 7.06. The van der Waals surface area contributed by atoms with E-state index in [-0.39, 0.29) is 5.92 Å². The highest BCUT2D eigenvalue weighted by Gasteiger charge is 2.28. The Morgan fingerprint density at radius 3 is 3.22 bits per heavy atom. The summed E-state index contributed by atoms with van der Waals surface area (Å²) < 4.78 is 5.40. The molecule has 0 amide bonds. The van der Waals surface area contributed by atoms with E-state index in [0.717, 1.165) is 30.4 Å². The third kappa shape index (κ3) is 2.15. The number of benzene rings is 1. The van der Waals surface area contributed by atoms with Gasteiger partial charge >= 0.3 is 0 Å². The van der Waals surface area contributed by atoms with Crippen LogP contribution in [0, 0.1) is 0 Å². The first-order valence-electron chi connectivity index (χ1n) is 6.07. The van der Waals surface area contributed by atoms with E-state index in [2.05, 4.69) is 39.7 Å². The molecule has 0 saturated carbocycles. The number of thioether (sulfide) groups is 1. The van der Waals surface area contributed by atoms with Crippen LogP contribution in [-0.2, 0) is 6.42 Å². The zero-order chi connectivity index (χ0) is 12.4. The topological polar surface area (TPSA) is 51.0 Å². The minimum absolute atomic E-state index is 0.252. The Labute approximate surface area is 110 Å². The van der Waals surface area contributed by atoms with Gasteiger partial charge in [-0.05, 0) is 18.7 Å². The monoisotopic (exact) mass is 261 g/mol. The van der Waals surface area contributed by atoms with E-state index in [4.69, 9.17) is 4.52 Å². The maximum Gasteiger partial charge on any atom is 0.235 e. The van der Waals surface area contributed by atoms with Gasteiger partial charge in [0.1, 0.15) is 0 Å². The average molecular weight is 261 g/mol. The van der Waals surface area contributed by atoms with Gasteiger partial charge in [0.15, 0.2) is 5.82 Å². The summed E-state index contributed by atoms with van der Waals surface area (Å²) in [6.07, 6.45) is 0.807. The molecule has 0 fully saturated rings. The fraction of sp³-hybridized carbons (Fsp3) is 0.385. The van der Waals surface area contributed by atoms with E-state index in [9.17, 15) is 0 Å². The Morgan fingerprint density at radius 1 is 1.44 bits per heavy atom. The summed E-state index contributed by atoms with van der Waals surface area (Å²) in [6, 6.07) is 8.44. The van der Waals surface area contributed by atoms with Gasteiger partial charge in [0.25, 0.3) is 0 Å². The summed E-state index contributed by atoms with van der Waals surface area (Å²) in [5.74, 6) is 2.78. The third-order valence-corrected chi connectivity index (χ3v) is 4.26. The second-order valence-electron chi connectivity index (χ2n) is 4.30. The molecule has 0 spiro atoms. The number of nitrogens with zero attached hydrogens (tertiary/aromatic N) is 2. The van der Waals surface area contributed by atoms with Crippen LogP contribution in [0.2, 0.25) is 0 Å². The van der Waals surface area contributed by atoms with Crippen LogP contribution in [0.15, 0.2) is 33.7 Å². The second kappa shape index (κ2) is 5.12. The summed E-state index contributed by atoms with van der Waals surface area (Å²) in [7, 11) is 1.92. The summed E-state index contributed by atoms with van der Waals surface area (Å²) in [4.78, 5) is 5.83. The van der Waals surface area contributed by atoms with Crippen molar-refractivity contribution in [3.05, 3.63) is 41.5 Å². The van der Waals surface area contributed by atoms with Crippen molar-refractivity contribution in [3.63, 3.8) is 0 Å². The molecule has 0 aliphatic carbocycles. The Balaban J connectivity index is 1.82. The highest BCUT2D eigenvalue weighted by Crippen LogP contribution is 2.42. The number of rotatable bonds is 4. The lowest BCUT2D eigenvalue weighted by Gasteiger charge is -2.03. The van der Waals surface area contributed by atoms with Gasteiger partial charge in [0, 0.05) is 23.6 Å². The predicted octanol–water partition coefficient (Wildman–Crippen LogP) is 2.07. The molecule has 2 heterocycles. The standard InChI is InChI=1S/C13H15N3OS/c1-14-7-6-12-15-13(17-16-12)10-8-18-11-5-3-2-4-9(10)11/h2-5,10,14H,6-8H2,1H3. The largest absolute Gasteiger partial charge is 0.339 e. The quantitative estimate of drug-likeness (QED) is 0.913. The molecule has 3 rings (SSSR count). The van der Waals surface area contributed by atoms with E-state index in [0.29, 0.717) is 0 Å². The van der Waals surface area contributed by atoms with Gasteiger partial charge in [-0.1, -0.05) is 23.4 Å². The maximum absolute atomic E-state index is 5.40. The number of aromatic nitrogens is 2. The molecular formula is C13H15N3OS. The Bertz CT molecular complexity index is 541. The van der Waals surface area contributed by atoms with E-state index in [1.165, 1.54) is 10.5 Å². The molecule has 1 aromatic carbocycles. The van der Waals surface area contributed by atoms with Gasteiger partial charge in [-0.15, -0.1) is 11.8 Å². The second-order valence-corrected chi connectivity index (χ2v) is 5.37. The lowest BCUT2D eigenvalue weighted by molar-refractivity contribution is 0.366. The summed E-state index contributed by atoms with van der Waals surface area (Å²) >= 11 is 1.86. The fourth-order valence-corrected chi connectivity index (χ4v) is 3.33. The van der Waals surface area contributed by atoms with Gasteiger partial charge in [-0.2, -0.15) is 4.98 Å². The molecule has 1 atom stereocenters. The molecular weight excluding hydrogens is 246 g/mol. The summed E-state index contributed by atoms with van der Waals surface area (Å²) in [5, 5.41) is 7.12. The van der Waals surface area contributed by atoms with Crippen molar-refractivity contribution in [2.75, 3.05) is 19.3 Å². The number of likely N-dealkylation sites (N-methyl/N-ethyl adjacent to an activating group) is 1. The highest BCUT2D eigenvalue weighted by molar-refractivity contribution is 7.99. The zero-order valence-electron chi connectivity index (χ0n) is 10.2. The first kappa shape index (κ1) is 11.7. The Hall–Kier alpha value is -1.33. The number of nitrogens with one attached hydrogen (secondary N) is 1. The molecule has 1 N–H and O–H groups in total. The predicted molar refractivity (Wildman–Crippen MR) is 70.9 cm³/mol. The van der Waals surface area contributed by atoms with E-state index in [1.54, 1.807) is 0 Å². The normalized spacial score (nSPS) is 17.9. The van der Waals surface area contributed by atoms with Gasteiger partial charge < -0.3 is 9.84 Å². The van der Waals surface area contributed by atoms with E-state index < -0.39 is 0 Å². The Kier molecular flexibility index (Phi) is 3.34. The van der Waals surface area contributed by atoms with Crippen molar-refractivity contribution in [3.8, 4) is 0 Å². The third-order valence-electron chi connectivity index (χ3n) is 3.08. The highest BCUT2D eigenvalue weighted by atomic mass is 32.2. The molecule has 94 valence electrons. The van der Waals surface area contributed by atoms with Gasteiger partial charge in [-0.3, -0.25) is 0 Å². The minimum Gasteiger partial charge on any atom is -0.339 e. The van der Waals surface area contributed by atoms with Crippen LogP contribution in [-0.4, -0.2) is 29.5 Å². The molecule has 1 aliphatic heterocycles. The van der Waals surface area contributed by atoms with Crippen LogP contribution in [0.25, 0.3) is 0 Å². The van der Waals surface area contributed by atoms with Crippen molar-refractivity contribution in [2.45, 2.75) is 17.2 Å². The lowest BCUT2D eigenvalue weighted by atomic mass is 10.0. The molecule has 1 unspecified atom stereocenters. The first-order chi connectivity index (χ1) is 8.88. The van der Waals surface area contributed by atoms with Gasteiger partial charge in [0.2, 0.25) is 5.89 Å². The van der Waals surface area contributed by atoms with Crippen LogP contribution in [0.1, 0.15) is 23.2 Å². The number of hydrogen-bond acceptors (Lipinski definition) is 5. The fourth-order valence-electron chi connectivity index (χ4n) is 2.11. The molecule has 0 saturated heterocycles.